The summed E-state index contributed by atoms with van der Waals surface area (Å²) < 4.78 is 9.82. The summed E-state index contributed by atoms with van der Waals surface area (Å²) in [6.07, 6.45) is 3.00. The molecule has 0 amide bonds. The lowest BCUT2D eigenvalue weighted by Gasteiger charge is -2.27. The number of carbonyl (C=O) groups is 1. The van der Waals surface area contributed by atoms with E-state index in [1.807, 2.05) is 0 Å². The van der Waals surface area contributed by atoms with E-state index in [-0.39, 0.29) is 5.97 Å². The van der Waals surface area contributed by atoms with Crippen LogP contribution >= 0.6 is 0 Å². The Morgan fingerprint density at radius 1 is 1.38 bits per heavy atom. The van der Waals surface area contributed by atoms with Gasteiger partial charge in [-0.15, -0.1) is 0 Å². The predicted molar refractivity (Wildman–Crippen MR) is 60.5 cm³/mol. The minimum absolute atomic E-state index is 0.337. The van der Waals surface area contributed by atoms with Gasteiger partial charge in [0.1, 0.15) is 5.60 Å². The first-order chi connectivity index (χ1) is 7.45. The van der Waals surface area contributed by atoms with Gasteiger partial charge >= 0.3 is 12.4 Å². The Hall–Kier alpha value is -1.06. The zero-order valence-electron chi connectivity index (χ0n) is 10.5. The lowest BCUT2D eigenvalue weighted by molar-refractivity contribution is -0.155. The summed E-state index contributed by atoms with van der Waals surface area (Å²) in [5.74, 6) is -0.827. The fourth-order valence-electron chi connectivity index (χ4n) is 1.13. The molecule has 93 valence electrons. The molecule has 0 rings (SSSR count). The largest absolute Gasteiger partial charge is 0.465 e. The van der Waals surface area contributed by atoms with Crippen molar-refractivity contribution in [3.8, 4) is 0 Å². The van der Waals surface area contributed by atoms with E-state index in [4.69, 9.17) is 9.47 Å². The Bertz CT molecular complexity index is 223. The highest BCUT2D eigenvalue weighted by molar-refractivity contribution is 5.73. The molecule has 0 aliphatic carbocycles. The zero-order valence-corrected chi connectivity index (χ0v) is 10.5. The third-order valence-corrected chi connectivity index (χ3v) is 2.69. The summed E-state index contributed by atoms with van der Waals surface area (Å²) in [4.78, 5) is 21.7. The Balaban J connectivity index is 4.02. The molecule has 0 saturated heterocycles. The van der Waals surface area contributed by atoms with Crippen LogP contribution in [0.2, 0.25) is 0 Å². The van der Waals surface area contributed by atoms with Crippen LogP contribution in [0.25, 0.3) is 0 Å². The van der Waals surface area contributed by atoms with Crippen LogP contribution in [-0.2, 0) is 19.1 Å². The Labute approximate surface area is 97.3 Å². The van der Waals surface area contributed by atoms with Crippen molar-refractivity contribution in [1.82, 2.24) is 0 Å². The van der Waals surface area contributed by atoms with Gasteiger partial charge in [-0.05, 0) is 27.2 Å². The Morgan fingerprint density at radius 2 is 2.00 bits per heavy atom. The smallest absolute Gasteiger partial charge is 0.418 e. The summed E-state index contributed by atoms with van der Waals surface area (Å²) in [6.45, 7) is 8.88. The van der Waals surface area contributed by atoms with Crippen molar-refractivity contribution in [1.29, 1.82) is 0 Å². The van der Waals surface area contributed by atoms with E-state index < -0.39 is 11.5 Å². The normalized spacial score (nSPS) is 13.0. The number of ether oxygens (including phenoxy) is 2. The van der Waals surface area contributed by atoms with Gasteiger partial charge in [-0.25, -0.2) is 4.79 Å². The first kappa shape index (κ1) is 14.9. The van der Waals surface area contributed by atoms with Gasteiger partial charge in [0.2, 0.25) is 0 Å². The van der Waals surface area contributed by atoms with Crippen molar-refractivity contribution in [2.45, 2.75) is 52.6 Å². The highest BCUT2D eigenvalue weighted by Crippen LogP contribution is 2.21. The molecule has 1 radical (unpaired) electrons. The zero-order chi connectivity index (χ0) is 12.6. The van der Waals surface area contributed by atoms with Gasteiger partial charge in [0.15, 0.2) is 0 Å². The van der Waals surface area contributed by atoms with Crippen molar-refractivity contribution >= 4 is 12.4 Å². The maximum absolute atomic E-state index is 11.6. The summed E-state index contributed by atoms with van der Waals surface area (Å²) in [6, 6.07) is 0. The molecule has 0 aromatic carbocycles. The van der Waals surface area contributed by atoms with Crippen LogP contribution in [0.15, 0.2) is 0 Å². The average molecular weight is 229 g/mol. The Kier molecular flexibility index (Phi) is 6.77. The molecule has 16 heavy (non-hydrogen) atoms. The summed E-state index contributed by atoms with van der Waals surface area (Å²) >= 11 is 0. The number of unbranched alkanes of at least 4 members (excludes halogenated alkanes) is 2. The fraction of sp³-hybridized carbons (Fsp3) is 0.833. The van der Waals surface area contributed by atoms with Crippen molar-refractivity contribution in [3.63, 3.8) is 0 Å². The molecule has 0 aliphatic rings. The first-order valence-electron chi connectivity index (χ1n) is 5.67. The van der Waals surface area contributed by atoms with Crippen LogP contribution in [0.1, 0.15) is 47.0 Å². The van der Waals surface area contributed by atoms with Crippen LogP contribution in [0, 0.1) is 5.92 Å². The summed E-state index contributed by atoms with van der Waals surface area (Å²) in [5, 5.41) is 0. The van der Waals surface area contributed by atoms with Gasteiger partial charge < -0.3 is 9.47 Å². The molecule has 0 bridgehead atoms. The predicted octanol–water partition coefficient (Wildman–Crippen LogP) is 2.22. The van der Waals surface area contributed by atoms with Gasteiger partial charge in [-0.3, -0.25) is 4.79 Å². The molecule has 4 heteroatoms. The third kappa shape index (κ3) is 5.14. The molecule has 0 spiro atoms. The van der Waals surface area contributed by atoms with Crippen LogP contribution in [-0.4, -0.2) is 24.6 Å². The second-order valence-corrected chi connectivity index (χ2v) is 4.39. The molecule has 0 N–H and O–H groups in total. The number of carbonyl (C=O) groups excluding carboxylic acids is 2. The van der Waals surface area contributed by atoms with E-state index in [0.29, 0.717) is 6.61 Å². The maximum Gasteiger partial charge on any atom is 0.418 e. The minimum atomic E-state index is -0.871. The second-order valence-electron chi connectivity index (χ2n) is 4.39. The molecule has 0 heterocycles. The van der Waals surface area contributed by atoms with E-state index in [9.17, 15) is 9.59 Å². The van der Waals surface area contributed by atoms with Gasteiger partial charge in [-0.2, -0.15) is 0 Å². The van der Waals surface area contributed by atoms with Gasteiger partial charge in [-0.1, -0.05) is 19.8 Å². The summed E-state index contributed by atoms with van der Waals surface area (Å²) in [7, 11) is 0. The Morgan fingerprint density at radius 3 is 2.50 bits per heavy atom. The molecular formula is C12H21O4. The summed E-state index contributed by atoms with van der Waals surface area (Å²) in [5.41, 5.74) is -0.871. The number of rotatable bonds is 8. The molecule has 4 nitrogen and oxygen atoms in total. The first-order valence-corrected chi connectivity index (χ1v) is 5.67. The van der Waals surface area contributed by atoms with Crippen LogP contribution in [0.4, 0.5) is 0 Å². The molecular weight excluding hydrogens is 208 g/mol. The van der Waals surface area contributed by atoms with E-state index in [2.05, 4.69) is 6.92 Å². The van der Waals surface area contributed by atoms with Crippen molar-refractivity contribution in [2.24, 2.45) is 5.92 Å². The highest BCUT2D eigenvalue weighted by Gasteiger charge is 2.34. The topological polar surface area (TPSA) is 52.6 Å². The standard InChI is InChI=1S/C12H21O4/c1-5-6-7-8-15-11(14)10(2)12(3,4)16-9-13/h10H,5-8H2,1-4H3. The van der Waals surface area contributed by atoms with Gasteiger partial charge in [0.25, 0.3) is 0 Å². The minimum Gasteiger partial charge on any atom is -0.465 e. The van der Waals surface area contributed by atoms with Crippen LogP contribution in [0.3, 0.4) is 0 Å². The quantitative estimate of drug-likeness (QED) is 0.473. The maximum atomic E-state index is 11.6. The average Bonchev–Trinajstić information content (AvgIpc) is 2.23. The molecule has 0 aromatic rings. The molecule has 0 aromatic heterocycles. The lowest BCUT2D eigenvalue weighted by Crippen LogP contribution is -2.38. The second kappa shape index (κ2) is 7.25. The highest BCUT2D eigenvalue weighted by atomic mass is 16.6. The number of hydrogen-bond donors (Lipinski definition) is 0. The third-order valence-electron chi connectivity index (χ3n) is 2.69. The number of esters is 1. The molecule has 0 aliphatic heterocycles. The van der Waals surface area contributed by atoms with Gasteiger partial charge in [0.05, 0.1) is 12.5 Å². The fourth-order valence-corrected chi connectivity index (χ4v) is 1.13. The van der Waals surface area contributed by atoms with E-state index in [1.165, 1.54) is 6.47 Å². The van der Waals surface area contributed by atoms with Crippen LogP contribution in [0.5, 0.6) is 0 Å². The molecule has 0 saturated carbocycles. The monoisotopic (exact) mass is 229 g/mol. The van der Waals surface area contributed by atoms with E-state index in [0.717, 1.165) is 19.3 Å². The van der Waals surface area contributed by atoms with Crippen molar-refractivity contribution in [2.75, 3.05) is 6.61 Å². The van der Waals surface area contributed by atoms with Gasteiger partial charge in [0, 0.05) is 0 Å². The van der Waals surface area contributed by atoms with Crippen molar-refractivity contribution < 1.29 is 19.1 Å². The van der Waals surface area contributed by atoms with Crippen LogP contribution < -0.4 is 0 Å². The molecule has 0 fully saturated rings. The van der Waals surface area contributed by atoms with E-state index >= 15 is 0 Å². The van der Waals surface area contributed by atoms with Crippen molar-refractivity contribution in [3.05, 3.63) is 0 Å². The van der Waals surface area contributed by atoms with E-state index in [1.54, 1.807) is 20.8 Å². The SMILES string of the molecule is CCCCCOC(=O)C(C)C(C)(C)O[C]=O. The number of hydrogen-bond acceptors (Lipinski definition) is 4. The lowest BCUT2D eigenvalue weighted by atomic mass is 9.93. The molecule has 1 atom stereocenters. The molecule has 1 unspecified atom stereocenters.